The van der Waals surface area contributed by atoms with E-state index in [9.17, 15) is 14.4 Å². The largest absolute Gasteiger partial charge is 0.444 e. The maximum Gasteiger partial charge on any atom is 0.407 e. The molecule has 3 amide bonds. The zero-order valence-corrected chi connectivity index (χ0v) is 31.9. The van der Waals surface area contributed by atoms with Gasteiger partial charge >= 0.3 is 6.09 Å². The summed E-state index contributed by atoms with van der Waals surface area (Å²) in [6, 6.07) is 14.7. The van der Waals surface area contributed by atoms with Gasteiger partial charge in [0.25, 0.3) is 5.91 Å². The molecule has 0 aliphatic carbocycles. The molecule has 54 heavy (non-hydrogen) atoms. The lowest BCUT2D eigenvalue weighted by Gasteiger charge is -2.36. The van der Waals surface area contributed by atoms with Gasteiger partial charge in [0, 0.05) is 44.1 Å². The highest BCUT2D eigenvalue weighted by Gasteiger charge is 2.21. The number of primary amides is 1. The second-order valence-corrected chi connectivity index (χ2v) is 13.5. The van der Waals surface area contributed by atoms with Gasteiger partial charge in [0.05, 0.1) is 76.7 Å². The number of hydrogen-bond donors (Lipinski definition) is 4. The number of halogens is 1. The Morgan fingerprint density at radius 1 is 0.815 bits per heavy atom. The van der Waals surface area contributed by atoms with E-state index in [2.05, 4.69) is 30.8 Å². The Kier molecular flexibility index (Phi) is 17.0. The van der Waals surface area contributed by atoms with Crippen LogP contribution in [0.3, 0.4) is 0 Å². The molecule has 3 aromatic rings. The van der Waals surface area contributed by atoms with E-state index in [-0.39, 0.29) is 10.9 Å². The van der Waals surface area contributed by atoms with Crippen LogP contribution >= 0.6 is 11.6 Å². The Balaban J connectivity index is 1.03. The molecule has 4 rings (SSSR count). The monoisotopic (exact) mass is 770 g/mol. The van der Waals surface area contributed by atoms with Crippen LogP contribution in [0.25, 0.3) is 0 Å². The van der Waals surface area contributed by atoms with Crippen molar-refractivity contribution < 1.29 is 38.1 Å². The van der Waals surface area contributed by atoms with Crippen LogP contribution in [-0.2, 0) is 28.5 Å². The van der Waals surface area contributed by atoms with Crippen LogP contribution in [0.1, 0.15) is 37.6 Å². The molecule has 1 aliphatic heterocycles. The third kappa shape index (κ3) is 14.9. The van der Waals surface area contributed by atoms with E-state index in [1.54, 1.807) is 24.3 Å². The number of carbonyl (C=O) groups excluding carboxylic acids is 3. The van der Waals surface area contributed by atoms with E-state index >= 15 is 0 Å². The van der Waals surface area contributed by atoms with E-state index in [0.29, 0.717) is 102 Å². The van der Waals surface area contributed by atoms with Crippen LogP contribution in [0.4, 0.5) is 33.6 Å². The van der Waals surface area contributed by atoms with Gasteiger partial charge in [0.1, 0.15) is 10.6 Å². The molecule has 0 bridgehead atoms. The van der Waals surface area contributed by atoms with Crippen LogP contribution < -0.4 is 26.6 Å². The van der Waals surface area contributed by atoms with Crippen molar-refractivity contribution in [3.63, 3.8) is 0 Å². The molecule has 17 heteroatoms. The number of alkyl carbamates (subject to hydrolysis) is 1. The van der Waals surface area contributed by atoms with Crippen LogP contribution in [0, 0.1) is 0 Å². The smallest absolute Gasteiger partial charge is 0.407 e. The van der Waals surface area contributed by atoms with Gasteiger partial charge in [-0.05, 0) is 57.2 Å². The highest BCUT2D eigenvalue weighted by atomic mass is 35.5. The lowest BCUT2D eigenvalue weighted by Crippen LogP contribution is -2.49. The molecule has 0 spiro atoms. The van der Waals surface area contributed by atoms with E-state index in [1.165, 1.54) is 6.20 Å². The minimum atomic E-state index is -0.568. The molecule has 1 fully saturated rings. The molecule has 2 heterocycles. The standard InChI is InChI=1S/C37H51ClN8O8/c1-37(2,3)54-36(49)40-13-19-51-21-23-53-25-24-52-22-20-50-18-12-32(47)46-16-14-45(15-17-46)28-10-8-27(9-11-28)42-35-41-26-30(38)34(44-35)43-31-7-5-4-6-29(31)33(39)48/h4-11,26H,12-25H2,1-3H3,(H2,39,48)(H,40,49)(H2,41,42,43,44). The number of ether oxygens (including phenoxy) is 5. The summed E-state index contributed by atoms with van der Waals surface area (Å²) in [5.41, 5.74) is 7.59. The van der Waals surface area contributed by atoms with Crippen molar-refractivity contribution in [2.75, 3.05) is 101 Å². The third-order valence-corrected chi connectivity index (χ3v) is 8.08. The van der Waals surface area contributed by atoms with Crippen molar-refractivity contribution in [3.8, 4) is 0 Å². The third-order valence-electron chi connectivity index (χ3n) is 7.80. The minimum Gasteiger partial charge on any atom is -0.444 e. The van der Waals surface area contributed by atoms with E-state index in [1.807, 2.05) is 49.9 Å². The number of nitrogens with one attached hydrogen (secondary N) is 3. The number of nitrogens with two attached hydrogens (primary N) is 1. The summed E-state index contributed by atoms with van der Waals surface area (Å²) in [5, 5.41) is 9.16. The fraction of sp³-hybridized carbons (Fsp3) is 0.486. The van der Waals surface area contributed by atoms with Gasteiger partial charge in [-0.15, -0.1) is 0 Å². The van der Waals surface area contributed by atoms with Crippen molar-refractivity contribution in [2.45, 2.75) is 32.8 Å². The molecule has 1 aromatic heterocycles. The van der Waals surface area contributed by atoms with Crippen LogP contribution in [0.5, 0.6) is 0 Å². The van der Waals surface area contributed by atoms with E-state index in [0.717, 1.165) is 24.5 Å². The van der Waals surface area contributed by atoms with Crippen molar-refractivity contribution in [3.05, 3.63) is 65.3 Å². The lowest BCUT2D eigenvalue weighted by atomic mass is 10.1. The summed E-state index contributed by atoms with van der Waals surface area (Å²) in [5.74, 6) is 0.152. The van der Waals surface area contributed by atoms with Crippen LogP contribution in [0.15, 0.2) is 54.7 Å². The maximum absolute atomic E-state index is 12.7. The number of piperazine rings is 1. The highest BCUT2D eigenvalue weighted by Crippen LogP contribution is 2.27. The molecule has 0 saturated carbocycles. The van der Waals surface area contributed by atoms with Gasteiger partial charge in [0.15, 0.2) is 5.82 Å². The lowest BCUT2D eigenvalue weighted by molar-refractivity contribution is -0.132. The first-order valence-corrected chi connectivity index (χ1v) is 18.2. The Hall–Kier alpha value is -4.74. The number of rotatable bonds is 21. The minimum absolute atomic E-state index is 0.0706. The molecular formula is C37H51ClN8O8. The van der Waals surface area contributed by atoms with Gasteiger partial charge in [-0.25, -0.2) is 9.78 Å². The number of para-hydroxylation sites is 1. The normalized spacial score (nSPS) is 13.0. The quantitative estimate of drug-likeness (QED) is 0.112. The second-order valence-electron chi connectivity index (χ2n) is 13.1. The van der Waals surface area contributed by atoms with E-state index < -0.39 is 17.6 Å². The summed E-state index contributed by atoms with van der Waals surface area (Å²) in [6.07, 6.45) is 1.32. The molecule has 16 nitrogen and oxygen atoms in total. The number of hydrogen-bond acceptors (Lipinski definition) is 13. The first-order chi connectivity index (χ1) is 26.0. The van der Waals surface area contributed by atoms with Gasteiger partial charge in [0.2, 0.25) is 11.9 Å². The molecule has 0 atom stereocenters. The molecule has 294 valence electrons. The van der Waals surface area contributed by atoms with Crippen LogP contribution in [-0.4, -0.2) is 124 Å². The average molecular weight is 771 g/mol. The summed E-state index contributed by atoms with van der Waals surface area (Å²) < 4.78 is 27.1. The molecule has 0 unspecified atom stereocenters. The molecule has 5 N–H and O–H groups in total. The predicted molar refractivity (Wildman–Crippen MR) is 206 cm³/mol. The molecular weight excluding hydrogens is 720 g/mol. The zero-order chi connectivity index (χ0) is 38.8. The van der Waals surface area contributed by atoms with Crippen molar-refractivity contribution in [1.29, 1.82) is 0 Å². The number of benzene rings is 2. The second kappa shape index (κ2) is 21.8. The maximum atomic E-state index is 12.7. The molecule has 2 aromatic carbocycles. The van der Waals surface area contributed by atoms with Gasteiger partial charge in [-0.3, -0.25) is 9.59 Å². The fourth-order valence-corrected chi connectivity index (χ4v) is 5.31. The predicted octanol–water partition coefficient (Wildman–Crippen LogP) is 4.35. The Morgan fingerprint density at radius 2 is 1.43 bits per heavy atom. The van der Waals surface area contributed by atoms with Gasteiger partial charge < -0.3 is 55.2 Å². The first-order valence-electron chi connectivity index (χ1n) is 17.8. The summed E-state index contributed by atoms with van der Waals surface area (Å²) in [6.45, 7) is 11.7. The first kappa shape index (κ1) is 42.0. The summed E-state index contributed by atoms with van der Waals surface area (Å²) in [4.78, 5) is 49.0. The number of amides is 3. The van der Waals surface area contributed by atoms with Crippen molar-refractivity contribution >= 4 is 58.3 Å². The van der Waals surface area contributed by atoms with Crippen molar-refractivity contribution in [1.82, 2.24) is 20.2 Å². The number of carbonyl (C=O) groups is 3. The number of anilines is 5. The van der Waals surface area contributed by atoms with Gasteiger partial charge in [-0.2, -0.15) is 4.98 Å². The average Bonchev–Trinajstić information content (AvgIpc) is 3.14. The Morgan fingerprint density at radius 3 is 2.06 bits per heavy atom. The van der Waals surface area contributed by atoms with Gasteiger partial charge in [-0.1, -0.05) is 23.7 Å². The molecule has 1 aliphatic rings. The summed E-state index contributed by atoms with van der Waals surface area (Å²) >= 11 is 6.32. The molecule has 0 radical (unpaired) electrons. The molecule has 1 saturated heterocycles. The Labute approximate surface area is 321 Å². The highest BCUT2D eigenvalue weighted by molar-refractivity contribution is 6.33. The fourth-order valence-electron chi connectivity index (χ4n) is 5.17. The zero-order valence-electron chi connectivity index (χ0n) is 31.1. The van der Waals surface area contributed by atoms with Crippen molar-refractivity contribution in [2.24, 2.45) is 5.73 Å². The van der Waals surface area contributed by atoms with Crippen LogP contribution in [0.2, 0.25) is 5.02 Å². The topological polar surface area (TPSA) is 192 Å². The number of nitrogens with zero attached hydrogens (tertiary/aromatic N) is 4. The van der Waals surface area contributed by atoms with E-state index in [4.69, 9.17) is 41.0 Å². The Bertz CT molecular complexity index is 1630. The number of aromatic nitrogens is 2. The SMILES string of the molecule is CC(C)(C)OC(=O)NCCOCCOCCOCCOCCC(=O)N1CCN(c2ccc(Nc3ncc(Cl)c(Nc4ccccc4C(N)=O)n3)cc2)CC1. The summed E-state index contributed by atoms with van der Waals surface area (Å²) in [7, 11) is 0.